The molecule has 4 heterocycles. The lowest BCUT2D eigenvalue weighted by Crippen LogP contribution is -2.41. The van der Waals surface area contributed by atoms with Crippen LogP contribution in [-0.2, 0) is 6.54 Å². The molecule has 1 unspecified atom stereocenters. The van der Waals surface area contributed by atoms with E-state index in [4.69, 9.17) is 4.98 Å². The highest BCUT2D eigenvalue weighted by atomic mass is 32.1. The highest BCUT2D eigenvalue weighted by Crippen LogP contribution is 2.21. The van der Waals surface area contributed by atoms with Crippen LogP contribution in [0.4, 0.5) is 11.8 Å². The van der Waals surface area contributed by atoms with Gasteiger partial charge < -0.3 is 10.2 Å². The van der Waals surface area contributed by atoms with Crippen molar-refractivity contribution in [2.45, 2.75) is 51.1 Å². The number of likely N-dealkylation sites (tertiary alicyclic amines) is 1. The first kappa shape index (κ1) is 17.7. The highest BCUT2D eigenvalue weighted by Gasteiger charge is 2.21. The first-order chi connectivity index (χ1) is 12.9. The Morgan fingerprint density at radius 3 is 2.77 bits per heavy atom. The van der Waals surface area contributed by atoms with Crippen LogP contribution in [0.1, 0.15) is 43.4 Å². The van der Waals surface area contributed by atoms with Gasteiger partial charge in [-0.2, -0.15) is 4.98 Å². The molecule has 2 aromatic rings. The Morgan fingerprint density at radius 1 is 1.08 bits per heavy atom. The van der Waals surface area contributed by atoms with Crippen molar-refractivity contribution < 1.29 is 0 Å². The largest absolute Gasteiger partial charge is 0.356 e. The van der Waals surface area contributed by atoms with Gasteiger partial charge in [0, 0.05) is 43.3 Å². The number of anilines is 2. The maximum absolute atomic E-state index is 4.82. The van der Waals surface area contributed by atoms with Gasteiger partial charge in [-0.15, -0.1) is 11.3 Å². The Balaban J connectivity index is 1.36. The molecule has 2 aliphatic rings. The van der Waals surface area contributed by atoms with Crippen molar-refractivity contribution in [1.29, 1.82) is 0 Å². The number of nitrogens with one attached hydrogen (secondary N) is 1. The number of piperidine rings is 1. The Kier molecular flexibility index (Phi) is 6.02. The van der Waals surface area contributed by atoms with Gasteiger partial charge in [0.25, 0.3) is 0 Å². The second-order valence-electron chi connectivity index (χ2n) is 7.44. The number of hydrogen-bond acceptors (Lipinski definition) is 6. The summed E-state index contributed by atoms with van der Waals surface area (Å²) in [6, 6.07) is 6.86. The fraction of sp³-hybridized carbons (Fsp3) is 0.600. The third-order valence-electron chi connectivity index (χ3n) is 5.37. The van der Waals surface area contributed by atoms with Gasteiger partial charge in [0.15, 0.2) is 0 Å². The van der Waals surface area contributed by atoms with E-state index in [2.05, 4.69) is 43.7 Å². The van der Waals surface area contributed by atoms with E-state index in [9.17, 15) is 0 Å². The molecular formula is C20H29N5S. The predicted octanol–water partition coefficient (Wildman–Crippen LogP) is 4.00. The SMILES string of the molecule is c1csc(CN2CCCC(Nc3nccc(N4CCCCCC4)n3)C2)c1. The molecule has 6 heteroatoms. The Labute approximate surface area is 160 Å². The van der Waals surface area contributed by atoms with Crippen molar-refractivity contribution in [2.24, 2.45) is 0 Å². The molecule has 2 aliphatic heterocycles. The minimum absolute atomic E-state index is 0.433. The predicted molar refractivity (Wildman–Crippen MR) is 109 cm³/mol. The van der Waals surface area contributed by atoms with Crippen molar-refractivity contribution in [3.63, 3.8) is 0 Å². The Morgan fingerprint density at radius 2 is 1.96 bits per heavy atom. The van der Waals surface area contributed by atoms with Crippen LogP contribution in [0.25, 0.3) is 0 Å². The van der Waals surface area contributed by atoms with Crippen LogP contribution in [0.3, 0.4) is 0 Å². The molecule has 0 radical (unpaired) electrons. The van der Waals surface area contributed by atoms with Crippen molar-refractivity contribution in [3.05, 3.63) is 34.7 Å². The van der Waals surface area contributed by atoms with Crippen LogP contribution < -0.4 is 10.2 Å². The lowest BCUT2D eigenvalue weighted by Gasteiger charge is -2.33. The van der Waals surface area contributed by atoms with E-state index in [1.165, 1.54) is 49.9 Å². The van der Waals surface area contributed by atoms with Gasteiger partial charge in [-0.3, -0.25) is 4.90 Å². The van der Waals surface area contributed by atoms with Gasteiger partial charge >= 0.3 is 0 Å². The van der Waals surface area contributed by atoms with Crippen LogP contribution in [0.5, 0.6) is 0 Å². The minimum atomic E-state index is 0.433. The minimum Gasteiger partial charge on any atom is -0.356 e. The van der Waals surface area contributed by atoms with Crippen molar-refractivity contribution in [1.82, 2.24) is 14.9 Å². The summed E-state index contributed by atoms with van der Waals surface area (Å²) in [7, 11) is 0. The van der Waals surface area contributed by atoms with Crippen LogP contribution >= 0.6 is 11.3 Å². The van der Waals surface area contributed by atoms with E-state index < -0.39 is 0 Å². The van der Waals surface area contributed by atoms with Crippen molar-refractivity contribution in [3.8, 4) is 0 Å². The van der Waals surface area contributed by atoms with E-state index in [-0.39, 0.29) is 0 Å². The van der Waals surface area contributed by atoms with E-state index in [0.29, 0.717) is 6.04 Å². The molecule has 1 N–H and O–H groups in total. The molecular weight excluding hydrogens is 342 g/mol. The highest BCUT2D eigenvalue weighted by molar-refractivity contribution is 7.09. The molecule has 2 saturated heterocycles. The summed E-state index contributed by atoms with van der Waals surface area (Å²) >= 11 is 1.85. The van der Waals surface area contributed by atoms with Gasteiger partial charge in [0.2, 0.25) is 5.95 Å². The van der Waals surface area contributed by atoms with Crippen LogP contribution in [-0.4, -0.2) is 47.1 Å². The molecule has 2 aromatic heterocycles. The third-order valence-corrected chi connectivity index (χ3v) is 6.23. The molecule has 26 heavy (non-hydrogen) atoms. The van der Waals surface area contributed by atoms with Crippen molar-refractivity contribution in [2.75, 3.05) is 36.4 Å². The van der Waals surface area contributed by atoms with E-state index in [1.807, 2.05) is 17.5 Å². The average molecular weight is 372 g/mol. The van der Waals surface area contributed by atoms with Gasteiger partial charge in [-0.1, -0.05) is 18.9 Å². The summed E-state index contributed by atoms with van der Waals surface area (Å²) in [5.74, 6) is 1.87. The number of hydrogen-bond donors (Lipinski definition) is 1. The number of thiophene rings is 1. The molecule has 0 saturated carbocycles. The second-order valence-corrected chi connectivity index (χ2v) is 8.47. The number of nitrogens with zero attached hydrogens (tertiary/aromatic N) is 4. The summed E-state index contributed by atoms with van der Waals surface area (Å²) in [4.78, 5) is 15.7. The fourth-order valence-electron chi connectivity index (χ4n) is 4.02. The summed E-state index contributed by atoms with van der Waals surface area (Å²) in [6.07, 6.45) is 9.55. The summed E-state index contributed by atoms with van der Waals surface area (Å²) in [6.45, 7) is 5.55. The molecule has 0 aliphatic carbocycles. The van der Waals surface area contributed by atoms with E-state index in [1.54, 1.807) is 0 Å². The van der Waals surface area contributed by atoms with Gasteiger partial charge in [-0.25, -0.2) is 4.98 Å². The van der Waals surface area contributed by atoms with Gasteiger partial charge in [-0.05, 0) is 49.7 Å². The summed E-state index contributed by atoms with van der Waals surface area (Å²) in [5.41, 5.74) is 0. The lowest BCUT2D eigenvalue weighted by molar-refractivity contribution is 0.210. The van der Waals surface area contributed by atoms with Crippen molar-refractivity contribution >= 4 is 23.1 Å². The lowest BCUT2D eigenvalue weighted by atomic mass is 10.1. The molecule has 0 spiro atoms. The van der Waals surface area contributed by atoms with Gasteiger partial charge in [0.1, 0.15) is 5.82 Å². The smallest absolute Gasteiger partial charge is 0.224 e. The first-order valence-corrected chi connectivity index (χ1v) is 10.8. The normalized spacial score (nSPS) is 22.2. The number of aromatic nitrogens is 2. The Bertz CT molecular complexity index is 667. The van der Waals surface area contributed by atoms with Crippen LogP contribution in [0.15, 0.2) is 29.8 Å². The molecule has 140 valence electrons. The standard InChI is InChI=1S/C20H29N5S/c1-2-4-13-25(12-3-1)19-9-10-21-20(23-19)22-17-7-5-11-24(15-17)16-18-8-6-14-26-18/h6,8-10,14,17H,1-5,7,11-13,15-16H2,(H,21,22,23). The summed E-state index contributed by atoms with van der Waals surface area (Å²) < 4.78 is 0. The number of rotatable bonds is 5. The molecule has 0 aromatic carbocycles. The quantitative estimate of drug-likeness (QED) is 0.861. The summed E-state index contributed by atoms with van der Waals surface area (Å²) in [5, 5.41) is 5.76. The Hall–Kier alpha value is -1.66. The zero-order valence-corrected chi connectivity index (χ0v) is 16.3. The molecule has 5 nitrogen and oxygen atoms in total. The second kappa shape index (κ2) is 8.82. The molecule has 2 fully saturated rings. The van der Waals surface area contributed by atoms with Gasteiger partial charge in [0.05, 0.1) is 0 Å². The third kappa shape index (κ3) is 4.74. The maximum atomic E-state index is 4.82. The van der Waals surface area contributed by atoms with E-state index in [0.717, 1.165) is 37.9 Å². The van der Waals surface area contributed by atoms with Crippen LogP contribution in [0.2, 0.25) is 0 Å². The maximum Gasteiger partial charge on any atom is 0.224 e. The van der Waals surface area contributed by atoms with E-state index >= 15 is 0 Å². The zero-order valence-electron chi connectivity index (χ0n) is 15.4. The monoisotopic (exact) mass is 371 g/mol. The topological polar surface area (TPSA) is 44.3 Å². The molecule has 0 amide bonds. The first-order valence-electron chi connectivity index (χ1n) is 9.96. The zero-order chi connectivity index (χ0) is 17.6. The molecule has 4 rings (SSSR count). The molecule has 1 atom stereocenters. The van der Waals surface area contributed by atoms with Crippen LogP contribution in [0, 0.1) is 0 Å². The molecule has 0 bridgehead atoms. The fourth-order valence-corrected chi connectivity index (χ4v) is 4.76. The average Bonchev–Trinajstić information content (AvgIpc) is 3.01.